The number of hydrogen-bond acceptors (Lipinski definition) is 6. The van der Waals surface area contributed by atoms with Gasteiger partial charge in [0.1, 0.15) is 6.10 Å². The minimum atomic E-state index is -1.35. The fourth-order valence-corrected chi connectivity index (χ4v) is 2.23. The van der Waals surface area contributed by atoms with Crippen LogP contribution in [0.3, 0.4) is 0 Å². The van der Waals surface area contributed by atoms with Crippen LogP contribution in [-0.2, 0) is 14.4 Å². The van der Waals surface area contributed by atoms with Gasteiger partial charge in [0.2, 0.25) is 11.8 Å². The average Bonchev–Trinajstić information content (AvgIpc) is 2.58. The Balaban J connectivity index is 3.86. The van der Waals surface area contributed by atoms with Crippen molar-refractivity contribution in [2.45, 2.75) is 39.7 Å². The van der Waals surface area contributed by atoms with Crippen LogP contribution in [0.25, 0.3) is 0 Å². The SMILES string of the molecule is CC=C=CCC(=O)SCCNC(=O)CCNC(=O)C(O)C(C)(C)CO. The second-order valence-corrected chi connectivity index (χ2v) is 7.18. The molecule has 25 heavy (non-hydrogen) atoms. The first-order chi connectivity index (χ1) is 11.7. The molecule has 4 N–H and O–H groups in total. The number of carbonyl (C=O) groups is 3. The first-order valence-corrected chi connectivity index (χ1v) is 9.07. The maximum absolute atomic E-state index is 11.7. The Labute approximate surface area is 152 Å². The quantitative estimate of drug-likeness (QED) is 0.308. The Morgan fingerprint density at radius 2 is 1.92 bits per heavy atom. The summed E-state index contributed by atoms with van der Waals surface area (Å²) in [4.78, 5) is 34.8. The van der Waals surface area contributed by atoms with Crippen molar-refractivity contribution in [1.82, 2.24) is 10.6 Å². The molecule has 0 aromatic rings. The van der Waals surface area contributed by atoms with Crippen molar-refractivity contribution in [3.8, 4) is 0 Å². The van der Waals surface area contributed by atoms with E-state index >= 15 is 0 Å². The van der Waals surface area contributed by atoms with E-state index in [9.17, 15) is 19.5 Å². The van der Waals surface area contributed by atoms with Gasteiger partial charge >= 0.3 is 0 Å². The monoisotopic (exact) mass is 372 g/mol. The normalized spacial score (nSPS) is 11.9. The van der Waals surface area contributed by atoms with Gasteiger partial charge in [-0.25, -0.2) is 0 Å². The summed E-state index contributed by atoms with van der Waals surface area (Å²) >= 11 is 1.14. The zero-order chi connectivity index (χ0) is 19.3. The van der Waals surface area contributed by atoms with Gasteiger partial charge in [-0.1, -0.05) is 25.6 Å². The number of allylic oxidation sites excluding steroid dienone is 1. The van der Waals surface area contributed by atoms with Gasteiger partial charge in [-0.05, 0) is 19.1 Å². The summed E-state index contributed by atoms with van der Waals surface area (Å²) in [5, 5.41) is 24.0. The van der Waals surface area contributed by atoms with E-state index in [1.807, 2.05) is 6.92 Å². The third-order valence-corrected chi connectivity index (χ3v) is 4.18. The van der Waals surface area contributed by atoms with E-state index in [0.29, 0.717) is 18.7 Å². The summed E-state index contributed by atoms with van der Waals surface area (Å²) < 4.78 is 0. The lowest BCUT2D eigenvalue weighted by atomic mass is 9.87. The molecule has 1 unspecified atom stereocenters. The van der Waals surface area contributed by atoms with Gasteiger partial charge in [0, 0.05) is 37.1 Å². The van der Waals surface area contributed by atoms with Gasteiger partial charge in [-0.2, -0.15) is 0 Å². The topological polar surface area (TPSA) is 116 Å². The molecule has 0 saturated heterocycles. The molecule has 1 atom stereocenters. The number of thioether (sulfide) groups is 1. The lowest BCUT2D eigenvalue weighted by Crippen LogP contribution is -2.46. The Hall–Kier alpha value is -1.60. The van der Waals surface area contributed by atoms with Crippen LogP contribution < -0.4 is 10.6 Å². The van der Waals surface area contributed by atoms with Gasteiger partial charge in [0.25, 0.3) is 0 Å². The minimum Gasteiger partial charge on any atom is -0.396 e. The second kappa shape index (κ2) is 12.7. The molecule has 0 aliphatic carbocycles. The standard InChI is InChI=1S/C17H28N2O5S/c1-4-5-6-7-14(22)25-11-10-18-13(21)8-9-19-16(24)15(23)17(2,3)12-20/h4,6,15,20,23H,7-12H2,1-3H3,(H,18,21)(H,19,24). The smallest absolute Gasteiger partial charge is 0.249 e. The second-order valence-electron chi connectivity index (χ2n) is 6.02. The van der Waals surface area contributed by atoms with Crippen molar-refractivity contribution >= 4 is 28.7 Å². The van der Waals surface area contributed by atoms with E-state index in [1.165, 1.54) is 0 Å². The van der Waals surface area contributed by atoms with Crippen LogP contribution in [0.1, 0.15) is 33.6 Å². The zero-order valence-corrected chi connectivity index (χ0v) is 15.8. The molecule has 7 nitrogen and oxygen atoms in total. The fourth-order valence-electron chi connectivity index (χ4n) is 1.60. The lowest BCUT2D eigenvalue weighted by Gasteiger charge is -2.27. The summed E-state index contributed by atoms with van der Waals surface area (Å²) in [6.07, 6.45) is 2.41. The van der Waals surface area contributed by atoms with Gasteiger partial charge in [0.05, 0.1) is 6.61 Å². The van der Waals surface area contributed by atoms with Crippen molar-refractivity contribution in [3.05, 3.63) is 17.9 Å². The molecule has 0 spiro atoms. The molecular formula is C17H28N2O5S. The molecule has 0 aromatic heterocycles. The van der Waals surface area contributed by atoms with Gasteiger partial charge in [0.15, 0.2) is 5.12 Å². The van der Waals surface area contributed by atoms with E-state index < -0.39 is 17.4 Å². The number of amides is 2. The molecule has 0 radical (unpaired) electrons. The van der Waals surface area contributed by atoms with E-state index in [1.54, 1.807) is 26.0 Å². The van der Waals surface area contributed by atoms with Crippen molar-refractivity contribution in [2.75, 3.05) is 25.4 Å². The molecule has 0 bridgehead atoms. The summed E-state index contributed by atoms with van der Waals surface area (Å²) in [6.45, 7) is 5.07. The van der Waals surface area contributed by atoms with Crippen LogP contribution in [0.4, 0.5) is 0 Å². The summed E-state index contributed by atoms with van der Waals surface area (Å²) in [7, 11) is 0. The number of aliphatic hydroxyl groups is 2. The summed E-state index contributed by atoms with van der Waals surface area (Å²) in [5.74, 6) is -0.399. The third kappa shape index (κ3) is 10.8. The maximum atomic E-state index is 11.7. The van der Waals surface area contributed by atoms with E-state index in [0.717, 1.165) is 11.8 Å². The maximum Gasteiger partial charge on any atom is 0.249 e. The number of nitrogens with one attached hydrogen (secondary N) is 2. The van der Waals surface area contributed by atoms with Crippen LogP contribution in [0, 0.1) is 5.41 Å². The number of carbonyl (C=O) groups excluding carboxylic acids is 3. The minimum absolute atomic E-state index is 0.0105. The molecule has 142 valence electrons. The summed E-state index contributed by atoms with van der Waals surface area (Å²) in [6, 6.07) is 0. The predicted octanol–water partition coefficient (Wildman–Crippen LogP) is 0.369. The molecule has 2 amide bonds. The molecular weight excluding hydrogens is 344 g/mol. The predicted molar refractivity (Wildman–Crippen MR) is 97.9 cm³/mol. The van der Waals surface area contributed by atoms with E-state index in [-0.39, 0.29) is 30.6 Å². The molecule has 0 fully saturated rings. The molecule has 0 saturated carbocycles. The largest absolute Gasteiger partial charge is 0.396 e. The molecule has 0 aliphatic rings. The molecule has 0 heterocycles. The third-order valence-electron chi connectivity index (χ3n) is 3.29. The van der Waals surface area contributed by atoms with E-state index in [2.05, 4.69) is 16.4 Å². The Morgan fingerprint density at radius 3 is 2.52 bits per heavy atom. The average molecular weight is 372 g/mol. The highest BCUT2D eigenvalue weighted by molar-refractivity contribution is 8.13. The van der Waals surface area contributed by atoms with Gasteiger partial charge < -0.3 is 20.8 Å². The molecule has 8 heteroatoms. The van der Waals surface area contributed by atoms with Gasteiger partial charge in [-0.3, -0.25) is 14.4 Å². The van der Waals surface area contributed by atoms with Crippen molar-refractivity contribution in [1.29, 1.82) is 0 Å². The van der Waals surface area contributed by atoms with Crippen LogP contribution in [-0.4, -0.2) is 58.7 Å². The highest BCUT2D eigenvalue weighted by atomic mass is 32.2. The van der Waals surface area contributed by atoms with Crippen LogP contribution in [0.2, 0.25) is 0 Å². The fraction of sp³-hybridized carbons (Fsp3) is 0.647. The highest BCUT2D eigenvalue weighted by Crippen LogP contribution is 2.19. The highest BCUT2D eigenvalue weighted by Gasteiger charge is 2.32. The zero-order valence-electron chi connectivity index (χ0n) is 15.0. The van der Waals surface area contributed by atoms with E-state index in [4.69, 9.17) is 5.11 Å². The Morgan fingerprint density at radius 1 is 1.24 bits per heavy atom. The Kier molecular flexibility index (Phi) is 11.9. The van der Waals surface area contributed by atoms with Crippen LogP contribution in [0.5, 0.6) is 0 Å². The van der Waals surface area contributed by atoms with Crippen molar-refractivity contribution in [3.63, 3.8) is 0 Å². The summed E-state index contributed by atoms with van der Waals surface area (Å²) in [5.41, 5.74) is 1.87. The molecule has 0 aromatic carbocycles. The number of hydrogen-bond donors (Lipinski definition) is 4. The number of aliphatic hydroxyl groups excluding tert-OH is 2. The van der Waals surface area contributed by atoms with Crippen LogP contribution >= 0.6 is 11.8 Å². The molecule has 0 rings (SSSR count). The molecule has 0 aliphatic heterocycles. The first kappa shape index (κ1) is 23.4. The van der Waals surface area contributed by atoms with Crippen LogP contribution in [0.15, 0.2) is 17.9 Å². The number of rotatable bonds is 11. The van der Waals surface area contributed by atoms with Crippen molar-refractivity contribution in [2.24, 2.45) is 5.41 Å². The Bertz CT molecular complexity index is 513. The van der Waals surface area contributed by atoms with Crippen molar-refractivity contribution < 1.29 is 24.6 Å². The lowest BCUT2D eigenvalue weighted by molar-refractivity contribution is -0.137. The van der Waals surface area contributed by atoms with Gasteiger partial charge in [-0.15, -0.1) is 5.73 Å². The first-order valence-electron chi connectivity index (χ1n) is 8.09.